The lowest BCUT2D eigenvalue weighted by molar-refractivity contribution is -0.330. The van der Waals surface area contributed by atoms with Crippen LogP contribution in [0.15, 0.2) is 48.5 Å². The van der Waals surface area contributed by atoms with Crippen LogP contribution in [0.3, 0.4) is 0 Å². The third-order valence-electron chi connectivity index (χ3n) is 3.52. The average Bonchev–Trinajstić information content (AvgIpc) is 2.85. The summed E-state index contributed by atoms with van der Waals surface area (Å²) in [7, 11) is 0. The van der Waals surface area contributed by atoms with Gasteiger partial charge in [-0.15, -0.1) is 13.2 Å². The lowest BCUT2D eigenvalue weighted by Gasteiger charge is -2.13. The Morgan fingerprint density at radius 3 is 1.96 bits per heavy atom. The Labute approximate surface area is 144 Å². The van der Waals surface area contributed by atoms with E-state index in [-0.39, 0.29) is 22.3 Å². The van der Waals surface area contributed by atoms with Crippen molar-refractivity contribution < 1.29 is 37.1 Å². The monoisotopic (exact) mass is 365 g/mol. The molecule has 0 bridgehead atoms. The number of alkyl halides is 3. The van der Waals surface area contributed by atoms with Gasteiger partial charge in [-0.3, -0.25) is 14.3 Å². The van der Waals surface area contributed by atoms with Crippen molar-refractivity contribution in [2.75, 3.05) is 0 Å². The minimum Gasteiger partial charge on any atom is -0.324 e. The maximum absolute atomic E-state index is 12.1. The van der Waals surface area contributed by atoms with Crippen LogP contribution in [0.2, 0.25) is 0 Å². The van der Waals surface area contributed by atoms with Crippen molar-refractivity contribution in [3.63, 3.8) is 0 Å². The van der Waals surface area contributed by atoms with Crippen molar-refractivity contribution in [1.29, 1.82) is 0 Å². The zero-order chi connectivity index (χ0) is 18.9. The number of hydrogen-bond acceptors (Lipinski definition) is 5. The van der Waals surface area contributed by atoms with Gasteiger partial charge >= 0.3 is 12.3 Å². The normalized spacial score (nSPS) is 13.7. The molecular formula is C17H10F3NO5. The number of carbonyl (C=O) groups is 3. The summed E-state index contributed by atoms with van der Waals surface area (Å²) in [6, 6.07) is 10.9. The molecule has 9 heteroatoms. The van der Waals surface area contributed by atoms with Crippen LogP contribution in [0.4, 0.5) is 13.2 Å². The van der Waals surface area contributed by atoms with Gasteiger partial charge in [0.1, 0.15) is 0 Å². The number of ether oxygens (including phenoxy) is 1. The fourth-order valence-electron chi connectivity index (χ4n) is 2.29. The zero-order valence-corrected chi connectivity index (χ0v) is 12.9. The Bertz CT molecular complexity index is 842. The van der Waals surface area contributed by atoms with E-state index in [0.717, 1.165) is 0 Å². The maximum Gasteiger partial charge on any atom is 0.522 e. The highest BCUT2D eigenvalue weighted by atomic mass is 19.4. The molecule has 0 aromatic heterocycles. The summed E-state index contributed by atoms with van der Waals surface area (Å²) in [5, 5.41) is 0.355. The van der Waals surface area contributed by atoms with Gasteiger partial charge in [0.2, 0.25) is 0 Å². The molecular weight excluding hydrogens is 355 g/mol. The quantitative estimate of drug-likeness (QED) is 0.779. The molecule has 1 aliphatic heterocycles. The first-order chi connectivity index (χ1) is 12.3. The molecule has 1 heterocycles. The Morgan fingerprint density at radius 1 is 0.923 bits per heavy atom. The molecule has 3 rings (SSSR count). The van der Waals surface area contributed by atoms with Crippen molar-refractivity contribution >= 4 is 17.8 Å². The van der Waals surface area contributed by atoms with Gasteiger partial charge in [-0.05, 0) is 29.8 Å². The second-order valence-corrected chi connectivity index (χ2v) is 5.26. The van der Waals surface area contributed by atoms with Gasteiger partial charge in [-0.25, -0.2) is 4.79 Å². The number of amides is 2. The van der Waals surface area contributed by atoms with E-state index in [1.165, 1.54) is 36.4 Å². The summed E-state index contributed by atoms with van der Waals surface area (Å²) in [6.07, 6.45) is -4.76. The average molecular weight is 365 g/mol. The van der Waals surface area contributed by atoms with Crippen molar-refractivity contribution in [3.8, 4) is 0 Å². The number of hydroxylamine groups is 2. The molecule has 1 aliphatic rings. The van der Waals surface area contributed by atoms with Crippen LogP contribution in [0.25, 0.3) is 0 Å². The minimum absolute atomic E-state index is 0.0442. The zero-order valence-electron chi connectivity index (χ0n) is 12.9. The fourth-order valence-corrected chi connectivity index (χ4v) is 2.29. The van der Waals surface area contributed by atoms with Crippen molar-refractivity contribution in [3.05, 3.63) is 70.8 Å². The first-order valence-electron chi connectivity index (χ1n) is 7.26. The van der Waals surface area contributed by atoms with E-state index in [2.05, 4.69) is 4.74 Å². The largest absolute Gasteiger partial charge is 0.522 e. The maximum atomic E-state index is 12.1. The summed E-state index contributed by atoms with van der Waals surface area (Å²) >= 11 is 0. The number of carbonyl (C=O) groups excluding carboxylic acids is 3. The molecule has 26 heavy (non-hydrogen) atoms. The lowest BCUT2D eigenvalue weighted by atomic mass is 10.1. The van der Waals surface area contributed by atoms with Crippen LogP contribution in [0, 0.1) is 0 Å². The summed E-state index contributed by atoms with van der Waals surface area (Å²) in [5.74, 6) is -2.54. The molecule has 0 saturated carbocycles. The van der Waals surface area contributed by atoms with Crippen LogP contribution < -0.4 is 0 Å². The van der Waals surface area contributed by atoms with E-state index >= 15 is 0 Å². The number of nitrogens with zero attached hydrogens (tertiary/aromatic N) is 1. The van der Waals surface area contributed by atoms with E-state index in [9.17, 15) is 27.6 Å². The van der Waals surface area contributed by atoms with Gasteiger partial charge < -0.3 is 4.84 Å². The fraction of sp³-hybridized carbons (Fsp3) is 0.118. The summed E-state index contributed by atoms with van der Waals surface area (Å²) in [4.78, 5) is 41.2. The Balaban J connectivity index is 1.67. The minimum atomic E-state index is -4.76. The van der Waals surface area contributed by atoms with Gasteiger partial charge in [-0.2, -0.15) is 0 Å². The van der Waals surface area contributed by atoms with Gasteiger partial charge in [0.25, 0.3) is 11.8 Å². The Kier molecular flexibility index (Phi) is 4.47. The summed E-state index contributed by atoms with van der Waals surface area (Å²) < 4.78 is 39.7. The molecule has 0 atom stereocenters. The number of rotatable bonds is 4. The molecule has 2 aromatic rings. The predicted molar refractivity (Wildman–Crippen MR) is 79.6 cm³/mol. The number of fused-ring (bicyclic) bond motifs is 1. The molecule has 2 amide bonds. The van der Waals surface area contributed by atoms with Crippen LogP contribution >= 0.6 is 0 Å². The summed E-state index contributed by atoms with van der Waals surface area (Å²) in [5.41, 5.74) is 0.367. The number of hydrogen-bond donors (Lipinski definition) is 0. The molecule has 0 unspecified atom stereocenters. The lowest BCUT2D eigenvalue weighted by Crippen LogP contribution is -2.32. The third kappa shape index (κ3) is 3.57. The second kappa shape index (κ2) is 6.60. The van der Waals surface area contributed by atoms with Gasteiger partial charge in [-0.1, -0.05) is 29.3 Å². The predicted octanol–water partition coefficient (Wildman–Crippen LogP) is 3.09. The van der Waals surface area contributed by atoms with Gasteiger partial charge in [0.15, 0.2) is 0 Å². The Hall–Kier alpha value is -3.20. The molecule has 0 aliphatic carbocycles. The van der Waals surface area contributed by atoms with E-state index in [4.69, 9.17) is 4.84 Å². The van der Waals surface area contributed by atoms with Crippen molar-refractivity contribution in [2.24, 2.45) is 0 Å². The van der Waals surface area contributed by atoms with Crippen molar-refractivity contribution in [1.82, 2.24) is 5.06 Å². The highest BCUT2D eigenvalue weighted by molar-refractivity contribution is 6.21. The van der Waals surface area contributed by atoms with E-state index < -0.39 is 30.8 Å². The first kappa shape index (κ1) is 17.6. The Morgan fingerprint density at radius 2 is 1.46 bits per heavy atom. The van der Waals surface area contributed by atoms with Gasteiger partial charge in [0.05, 0.1) is 23.3 Å². The second-order valence-electron chi connectivity index (χ2n) is 5.26. The standard InChI is InChI=1S/C17H10F3NO5/c18-17(19,20)25-9-10-5-7-11(8-6-10)16(24)26-21-14(22)12-3-1-2-4-13(12)15(21)23/h1-8H,9H2. The molecule has 0 saturated heterocycles. The smallest absolute Gasteiger partial charge is 0.324 e. The van der Waals surface area contributed by atoms with Crippen LogP contribution in [-0.2, 0) is 16.2 Å². The third-order valence-corrected chi connectivity index (χ3v) is 3.52. The highest BCUT2D eigenvalue weighted by Gasteiger charge is 2.38. The van der Waals surface area contributed by atoms with E-state index in [1.807, 2.05) is 0 Å². The topological polar surface area (TPSA) is 72.9 Å². The molecule has 0 spiro atoms. The van der Waals surface area contributed by atoms with Crippen LogP contribution in [0.5, 0.6) is 0 Å². The SMILES string of the molecule is O=C(ON1C(=O)c2ccccc2C1=O)c1ccc(COC(F)(F)F)cc1. The number of halogens is 3. The first-order valence-corrected chi connectivity index (χ1v) is 7.26. The van der Waals surface area contributed by atoms with E-state index in [0.29, 0.717) is 5.06 Å². The number of imide groups is 1. The van der Waals surface area contributed by atoms with Crippen LogP contribution in [0.1, 0.15) is 36.6 Å². The number of benzene rings is 2. The van der Waals surface area contributed by atoms with Gasteiger partial charge in [0, 0.05) is 0 Å². The molecule has 2 aromatic carbocycles. The van der Waals surface area contributed by atoms with E-state index in [1.54, 1.807) is 12.1 Å². The van der Waals surface area contributed by atoms with Crippen molar-refractivity contribution in [2.45, 2.75) is 13.0 Å². The molecule has 0 fully saturated rings. The molecule has 0 N–H and O–H groups in total. The molecule has 0 radical (unpaired) electrons. The summed E-state index contributed by atoms with van der Waals surface area (Å²) in [6.45, 7) is -0.711. The molecule has 134 valence electrons. The molecule has 6 nitrogen and oxygen atoms in total. The van der Waals surface area contributed by atoms with Crippen LogP contribution in [-0.4, -0.2) is 29.2 Å². The highest BCUT2D eigenvalue weighted by Crippen LogP contribution is 2.23.